The van der Waals surface area contributed by atoms with E-state index in [4.69, 9.17) is 16.3 Å². The van der Waals surface area contributed by atoms with Crippen LogP contribution in [0.15, 0.2) is 42.7 Å². The SMILES string of the molecule is Cc1cc(Cl)ccc1OCCNCc1cccnc1. The van der Waals surface area contributed by atoms with E-state index >= 15 is 0 Å². The third-order valence-corrected chi connectivity index (χ3v) is 2.96. The number of aromatic nitrogens is 1. The lowest BCUT2D eigenvalue weighted by Gasteiger charge is -2.10. The number of benzene rings is 1. The quantitative estimate of drug-likeness (QED) is 0.823. The molecule has 0 aliphatic rings. The molecule has 0 unspecified atom stereocenters. The van der Waals surface area contributed by atoms with E-state index in [1.54, 1.807) is 6.20 Å². The predicted octanol–water partition coefficient (Wildman–Crippen LogP) is 3.21. The van der Waals surface area contributed by atoms with Crippen LogP contribution in [0.3, 0.4) is 0 Å². The molecule has 1 N–H and O–H groups in total. The highest BCUT2D eigenvalue weighted by atomic mass is 35.5. The summed E-state index contributed by atoms with van der Waals surface area (Å²) in [6.07, 6.45) is 3.63. The van der Waals surface area contributed by atoms with Crippen molar-refractivity contribution in [3.63, 3.8) is 0 Å². The Bertz CT molecular complexity index is 517. The monoisotopic (exact) mass is 276 g/mol. The van der Waals surface area contributed by atoms with Gasteiger partial charge in [0.15, 0.2) is 0 Å². The Balaban J connectivity index is 1.69. The molecule has 2 rings (SSSR count). The summed E-state index contributed by atoms with van der Waals surface area (Å²) in [7, 11) is 0. The van der Waals surface area contributed by atoms with E-state index in [1.165, 1.54) is 5.56 Å². The van der Waals surface area contributed by atoms with Crippen LogP contribution in [-0.2, 0) is 6.54 Å². The molecule has 1 heterocycles. The van der Waals surface area contributed by atoms with E-state index in [0.29, 0.717) is 6.61 Å². The van der Waals surface area contributed by atoms with Crippen LogP contribution >= 0.6 is 11.6 Å². The lowest BCUT2D eigenvalue weighted by Crippen LogP contribution is -2.20. The summed E-state index contributed by atoms with van der Waals surface area (Å²) in [6, 6.07) is 9.63. The van der Waals surface area contributed by atoms with E-state index in [0.717, 1.165) is 29.4 Å². The number of nitrogens with one attached hydrogen (secondary N) is 1. The number of hydrogen-bond donors (Lipinski definition) is 1. The Morgan fingerprint density at radius 2 is 2.21 bits per heavy atom. The van der Waals surface area contributed by atoms with Crippen molar-refractivity contribution in [2.45, 2.75) is 13.5 Å². The van der Waals surface area contributed by atoms with E-state index < -0.39 is 0 Å². The van der Waals surface area contributed by atoms with Crippen molar-refractivity contribution < 1.29 is 4.74 Å². The van der Waals surface area contributed by atoms with Crippen LogP contribution in [0.1, 0.15) is 11.1 Å². The molecule has 0 radical (unpaired) electrons. The van der Waals surface area contributed by atoms with Crippen molar-refractivity contribution in [1.82, 2.24) is 10.3 Å². The molecule has 0 fully saturated rings. The van der Waals surface area contributed by atoms with Crippen LogP contribution < -0.4 is 10.1 Å². The molecular formula is C15H17ClN2O. The van der Waals surface area contributed by atoms with E-state index in [2.05, 4.69) is 10.3 Å². The van der Waals surface area contributed by atoms with Gasteiger partial charge >= 0.3 is 0 Å². The van der Waals surface area contributed by atoms with Gasteiger partial charge in [0.1, 0.15) is 12.4 Å². The lowest BCUT2D eigenvalue weighted by atomic mass is 10.2. The van der Waals surface area contributed by atoms with Gasteiger partial charge in [-0.15, -0.1) is 0 Å². The van der Waals surface area contributed by atoms with Gasteiger partial charge < -0.3 is 10.1 Å². The normalized spacial score (nSPS) is 10.4. The largest absolute Gasteiger partial charge is 0.492 e. The fourth-order valence-corrected chi connectivity index (χ4v) is 1.97. The van der Waals surface area contributed by atoms with Gasteiger partial charge in [0.2, 0.25) is 0 Å². The number of rotatable bonds is 6. The molecule has 0 saturated heterocycles. The standard InChI is InChI=1S/C15H17ClN2O/c1-12-9-14(16)4-5-15(12)19-8-7-18-11-13-3-2-6-17-10-13/h2-6,9-10,18H,7-8,11H2,1H3. The summed E-state index contributed by atoms with van der Waals surface area (Å²) in [5.74, 6) is 0.882. The van der Waals surface area contributed by atoms with Gasteiger partial charge in [0.25, 0.3) is 0 Å². The molecule has 2 aromatic rings. The maximum atomic E-state index is 5.89. The minimum absolute atomic E-state index is 0.628. The zero-order chi connectivity index (χ0) is 13.5. The van der Waals surface area contributed by atoms with Crippen LogP contribution in [0.2, 0.25) is 5.02 Å². The van der Waals surface area contributed by atoms with Crippen LogP contribution in [0.25, 0.3) is 0 Å². The van der Waals surface area contributed by atoms with Crippen LogP contribution in [0.5, 0.6) is 5.75 Å². The highest BCUT2D eigenvalue weighted by Crippen LogP contribution is 2.21. The first-order valence-electron chi connectivity index (χ1n) is 6.24. The average Bonchev–Trinajstić information content (AvgIpc) is 2.42. The summed E-state index contributed by atoms with van der Waals surface area (Å²) < 4.78 is 5.69. The van der Waals surface area contributed by atoms with Crippen molar-refractivity contribution in [1.29, 1.82) is 0 Å². The lowest BCUT2D eigenvalue weighted by molar-refractivity contribution is 0.311. The summed E-state index contributed by atoms with van der Waals surface area (Å²) in [6.45, 7) is 4.21. The summed E-state index contributed by atoms with van der Waals surface area (Å²) in [5, 5.41) is 4.05. The fourth-order valence-electron chi connectivity index (χ4n) is 1.74. The topological polar surface area (TPSA) is 34.1 Å². The van der Waals surface area contributed by atoms with Gasteiger partial charge in [-0.2, -0.15) is 0 Å². The highest BCUT2D eigenvalue weighted by Gasteiger charge is 1.99. The molecular weight excluding hydrogens is 260 g/mol. The maximum absolute atomic E-state index is 5.89. The average molecular weight is 277 g/mol. The van der Waals surface area contributed by atoms with E-state index in [9.17, 15) is 0 Å². The second-order valence-corrected chi connectivity index (χ2v) is 4.73. The summed E-state index contributed by atoms with van der Waals surface area (Å²) in [4.78, 5) is 4.07. The molecule has 0 aliphatic heterocycles. The Labute approximate surface area is 118 Å². The highest BCUT2D eigenvalue weighted by molar-refractivity contribution is 6.30. The first-order chi connectivity index (χ1) is 9.25. The van der Waals surface area contributed by atoms with Gasteiger partial charge in [-0.1, -0.05) is 17.7 Å². The van der Waals surface area contributed by atoms with Gasteiger partial charge in [-0.3, -0.25) is 4.98 Å². The van der Waals surface area contributed by atoms with Crippen molar-refractivity contribution >= 4 is 11.6 Å². The van der Waals surface area contributed by atoms with Crippen molar-refractivity contribution in [3.05, 3.63) is 58.9 Å². The van der Waals surface area contributed by atoms with Gasteiger partial charge in [0, 0.05) is 30.5 Å². The Hall–Kier alpha value is -1.58. The van der Waals surface area contributed by atoms with E-state index in [1.807, 2.05) is 43.5 Å². The third-order valence-electron chi connectivity index (χ3n) is 2.73. The molecule has 0 aliphatic carbocycles. The van der Waals surface area contributed by atoms with Crippen LogP contribution in [-0.4, -0.2) is 18.1 Å². The second-order valence-electron chi connectivity index (χ2n) is 4.30. The number of nitrogens with zero attached hydrogens (tertiary/aromatic N) is 1. The Morgan fingerprint density at radius 3 is 2.95 bits per heavy atom. The number of aryl methyl sites for hydroxylation is 1. The van der Waals surface area contributed by atoms with Crippen molar-refractivity contribution in [2.75, 3.05) is 13.2 Å². The molecule has 1 aromatic heterocycles. The molecule has 4 heteroatoms. The number of hydrogen-bond acceptors (Lipinski definition) is 3. The van der Waals surface area contributed by atoms with E-state index in [-0.39, 0.29) is 0 Å². The molecule has 1 aromatic carbocycles. The minimum Gasteiger partial charge on any atom is -0.492 e. The smallest absolute Gasteiger partial charge is 0.122 e. The molecule has 0 spiro atoms. The molecule has 0 saturated carbocycles. The number of halogens is 1. The van der Waals surface area contributed by atoms with Gasteiger partial charge in [-0.25, -0.2) is 0 Å². The molecule has 0 amide bonds. The van der Waals surface area contributed by atoms with Gasteiger partial charge in [-0.05, 0) is 42.3 Å². The Kier molecular flexibility index (Phi) is 5.19. The molecule has 0 bridgehead atoms. The molecule has 19 heavy (non-hydrogen) atoms. The first-order valence-corrected chi connectivity index (χ1v) is 6.62. The van der Waals surface area contributed by atoms with Crippen molar-refractivity contribution in [2.24, 2.45) is 0 Å². The molecule has 0 atom stereocenters. The van der Waals surface area contributed by atoms with Crippen LogP contribution in [0.4, 0.5) is 0 Å². The second kappa shape index (κ2) is 7.12. The predicted molar refractivity (Wildman–Crippen MR) is 77.6 cm³/mol. The zero-order valence-electron chi connectivity index (χ0n) is 10.9. The number of ether oxygens (including phenoxy) is 1. The van der Waals surface area contributed by atoms with Crippen molar-refractivity contribution in [3.8, 4) is 5.75 Å². The fraction of sp³-hybridized carbons (Fsp3) is 0.267. The summed E-state index contributed by atoms with van der Waals surface area (Å²) in [5.41, 5.74) is 2.23. The first kappa shape index (κ1) is 13.8. The summed E-state index contributed by atoms with van der Waals surface area (Å²) >= 11 is 5.89. The third kappa shape index (κ3) is 4.54. The minimum atomic E-state index is 0.628. The zero-order valence-corrected chi connectivity index (χ0v) is 11.7. The molecule has 3 nitrogen and oxygen atoms in total. The molecule has 100 valence electrons. The van der Waals surface area contributed by atoms with Gasteiger partial charge in [0.05, 0.1) is 0 Å². The Morgan fingerprint density at radius 1 is 1.32 bits per heavy atom. The number of pyridine rings is 1. The maximum Gasteiger partial charge on any atom is 0.122 e. The van der Waals surface area contributed by atoms with Crippen LogP contribution in [0, 0.1) is 6.92 Å².